The molecule has 0 unspecified atom stereocenters. The summed E-state index contributed by atoms with van der Waals surface area (Å²) in [5.41, 5.74) is 1.71. The average molecular weight is 227 g/mol. The number of nitrogens with zero attached hydrogens (tertiary/aromatic N) is 2. The third kappa shape index (κ3) is 1.76. The summed E-state index contributed by atoms with van der Waals surface area (Å²) in [6.45, 7) is 0. The summed E-state index contributed by atoms with van der Waals surface area (Å²) >= 11 is 11.7. The van der Waals surface area contributed by atoms with Gasteiger partial charge in [0, 0.05) is 6.20 Å². The minimum absolute atomic E-state index is 0.414. The van der Waals surface area contributed by atoms with Gasteiger partial charge in [-0.2, -0.15) is 5.10 Å². The van der Waals surface area contributed by atoms with E-state index in [-0.39, 0.29) is 0 Å². The summed E-state index contributed by atoms with van der Waals surface area (Å²) in [6, 6.07) is 9.42. The molecule has 0 aliphatic heterocycles. The molecule has 0 saturated carbocycles. The predicted molar refractivity (Wildman–Crippen MR) is 58.1 cm³/mol. The molecule has 2 nitrogen and oxygen atoms in total. The van der Waals surface area contributed by atoms with Gasteiger partial charge in [-0.15, -0.1) is 11.6 Å². The summed E-state index contributed by atoms with van der Waals surface area (Å²) in [4.78, 5) is 0. The van der Waals surface area contributed by atoms with E-state index >= 15 is 0 Å². The van der Waals surface area contributed by atoms with Gasteiger partial charge in [0.1, 0.15) is 0 Å². The Balaban J connectivity index is 2.44. The van der Waals surface area contributed by atoms with E-state index in [0.717, 1.165) is 11.4 Å². The van der Waals surface area contributed by atoms with E-state index < -0.39 is 0 Å². The van der Waals surface area contributed by atoms with Gasteiger partial charge < -0.3 is 0 Å². The van der Waals surface area contributed by atoms with E-state index in [0.29, 0.717) is 10.9 Å². The summed E-state index contributed by atoms with van der Waals surface area (Å²) in [7, 11) is 0. The van der Waals surface area contributed by atoms with Crippen molar-refractivity contribution < 1.29 is 0 Å². The van der Waals surface area contributed by atoms with E-state index in [1.54, 1.807) is 4.68 Å². The van der Waals surface area contributed by atoms with Gasteiger partial charge in [-0.3, -0.25) is 0 Å². The quantitative estimate of drug-likeness (QED) is 0.720. The van der Waals surface area contributed by atoms with Crippen LogP contribution in [0.1, 0.15) is 5.69 Å². The van der Waals surface area contributed by atoms with Crippen molar-refractivity contribution in [2.45, 2.75) is 5.88 Å². The minimum atomic E-state index is 0.414. The van der Waals surface area contributed by atoms with Gasteiger partial charge in [0.2, 0.25) is 0 Å². The van der Waals surface area contributed by atoms with Crippen LogP contribution in [0.2, 0.25) is 5.02 Å². The lowest BCUT2D eigenvalue weighted by molar-refractivity contribution is 0.859. The first-order valence-electron chi connectivity index (χ1n) is 4.16. The van der Waals surface area contributed by atoms with E-state index in [2.05, 4.69) is 5.10 Å². The van der Waals surface area contributed by atoms with Crippen LogP contribution in [0.25, 0.3) is 5.69 Å². The number of para-hydroxylation sites is 1. The number of benzene rings is 1. The van der Waals surface area contributed by atoms with E-state index in [4.69, 9.17) is 23.2 Å². The molecule has 2 rings (SSSR count). The number of hydrogen-bond donors (Lipinski definition) is 0. The van der Waals surface area contributed by atoms with Gasteiger partial charge in [-0.1, -0.05) is 23.7 Å². The molecule has 0 N–H and O–H groups in total. The molecule has 0 aliphatic rings. The SMILES string of the molecule is ClCc1ccn(-c2ccccc2Cl)n1. The zero-order valence-electron chi connectivity index (χ0n) is 7.32. The topological polar surface area (TPSA) is 17.8 Å². The highest BCUT2D eigenvalue weighted by Crippen LogP contribution is 2.19. The van der Waals surface area contributed by atoms with Crippen molar-refractivity contribution in [3.63, 3.8) is 0 Å². The van der Waals surface area contributed by atoms with Crippen LogP contribution in [0.3, 0.4) is 0 Å². The second-order valence-electron chi connectivity index (χ2n) is 2.84. The normalized spacial score (nSPS) is 10.4. The Hall–Kier alpha value is -0.990. The maximum atomic E-state index is 6.02. The second kappa shape index (κ2) is 4.03. The van der Waals surface area contributed by atoms with Crippen molar-refractivity contribution in [3.05, 3.63) is 47.2 Å². The van der Waals surface area contributed by atoms with Gasteiger partial charge in [0.05, 0.1) is 22.3 Å². The molecule has 0 radical (unpaired) electrons. The van der Waals surface area contributed by atoms with E-state index in [9.17, 15) is 0 Å². The van der Waals surface area contributed by atoms with Crippen molar-refractivity contribution in [2.24, 2.45) is 0 Å². The van der Waals surface area contributed by atoms with Crippen molar-refractivity contribution in [2.75, 3.05) is 0 Å². The zero-order valence-corrected chi connectivity index (χ0v) is 8.83. The highest BCUT2D eigenvalue weighted by atomic mass is 35.5. The Morgan fingerprint density at radius 2 is 2.00 bits per heavy atom. The van der Waals surface area contributed by atoms with Gasteiger partial charge in [-0.25, -0.2) is 4.68 Å². The van der Waals surface area contributed by atoms with Crippen molar-refractivity contribution in [1.82, 2.24) is 9.78 Å². The third-order valence-corrected chi connectivity index (χ3v) is 2.47. The van der Waals surface area contributed by atoms with Crippen LogP contribution in [-0.4, -0.2) is 9.78 Å². The van der Waals surface area contributed by atoms with E-state index in [1.807, 2.05) is 36.5 Å². The van der Waals surface area contributed by atoms with Gasteiger partial charge >= 0.3 is 0 Å². The smallest absolute Gasteiger partial charge is 0.0831 e. The Kier molecular flexibility index (Phi) is 2.75. The van der Waals surface area contributed by atoms with Crippen LogP contribution in [-0.2, 0) is 5.88 Å². The highest BCUT2D eigenvalue weighted by molar-refractivity contribution is 6.32. The Morgan fingerprint density at radius 1 is 1.21 bits per heavy atom. The average Bonchev–Trinajstić information content (AvgIpc) is 2.67. The van der Waals surface area contributed by atoms with Gasteiger partial charge in [0.25, 0.3) is 0 Å². The largest absolute Gasteiger partial charge is 0.239 e. The number of halogens is 2. The molecular formula is C10H8Cl2N2. The fourth-order valence-corrected chi connectivity index (χ4v) is 1.57. The molecule has 1 heterocycles. The maximum Gasteiger partial charge on any atom is 0.0831 e. The second-order valence-corrected chi connectivity index (χ2v) is 3.51. The predicted octanol–water partition coefficient (Wildman–Crippen LogP) is 3.26. The number of rotatable bonds is 2. The Morgan fingerprint density at radius 3 is 2.64 bits per heavy atom. The summed E-state index contributed by atoms with van der Waals surface area (Å²) < 4.78 is 1.72. The van der Waals surface area contributed by atoms with Crippen LogP contribution in [0.4, 0.5) is 0 Å². The maximum absolute atomic E-state index is 6.02. The van der Waals surface area contributed by atoms with Crippen LogP contribution < -0.4 is 0 Å². The lowest BCUT2D eigenvalue weighted by atomic mass is 10.3. The minimum Gasteiger partial charge on any atom is -0.239 e. The number of aromatic nitrogens is 2. The van der Waals surface area contributed by atoms with Crippen molar-refractivity contribution in [1.29, 1.82) is 0 Å². The summed E-state index contributed by atoms with van der Waals surface area (Å²) in [5, 5.41) is 4.94. The zero-order chi connectivity index (χ0) is 9.97. The van der Waals surface area contributed by atoms with Gasteiger partial charge in [-0.05, 0) is 18.2 Å². The molecule has 14 heavy (non-hydrogen) atoms. The molecule has 4 heteroatoms. The molecule has 1 aromatic carbocycles. The van der Waals surface area contributed by atoms with E-state index in [1.165, 1.54) is 0 Å². The van der Waals surface area contributed by atoms with Crippen LogP contribution >= 0.6 is 23.2 Å². The molecular weight excluding hydrogens is 219 g/mol. The number of hydrogen-bond acceptors (Lipinski definition) is 1. The first-order chi connectivity index (χ1) is 6.81. The summed E-state index contributed by atoms with van der Waals surface area (Å²) in [5.74, 6) is 0.414. The molecule has 0 spiro atoms. The third-order valence-electron chi connectivity index (χ3n) is 1.88. The molecule has 0 aliphatic carbocycles. The first-order valence-corrected chi connectivity index (χ1v) is 5.08. The fourth-order valence-electron chi connectivity index (χ4n) is 1.20. The fraction of sp³-hybridized carbons (Fsp3) is 0.100. The molecule has 72 valence electrons. The Bertz CT molecular complexity index is 437. The van der Waals surface area contributed by atoms with Crippen LogP contribution in [0, 0.1) is 0 Å². The molecule has 0 fully saturated rings. The lowest BCUT2D eigenvalue weighted by Crippen LogP contribution is -1.95. The molecule has 2 aromatic rings. The molecule has 0 saturated heterocycles. The number of alkyl halides is 1. The lowest BCUT2D eigenvalue weighted by Gasteiger charge is -2.02. The molecule has 1 aromatic heterocycles. The van der Waals surface area contributed by atoms with Crippen LogP contribution in [0.5, 0.6) is 0 Å². The molecule has 0 amide bonds. The highest BCUT2D eigenvalue weighted by Gasteiger charge is 2.03. The molecule has 0 atom stereocenters. The summed E-state index contributed by atoms with van der Waals surface area (Å²) in [6.07, 6.45) is 1.85. The first kappa shape index (κ1) is 9.56. The van der Waals surface area contributed by atoms with Gasteiger partial charge in [0.15, 0.2) is 0 Å². The standard InChI is InChI=1S/C10H8Cl2N2/c11-7-8-5-6-14(13-8)10-4-2-1-3-9(10)12/h1-6H,7H2. The Labute approximate surface area is 92.1 Å². The van der Waals surface area contributed by atoms with Crippen molar-refractivity contribution in [3.8, 4) is 5.69 Å². The monoisotopic (exact) mass is 226 g/mol. The van der Waals surface area contributed by atoms with Crippen molar-refractivity contribution >= 4 is 23.2 Å². The van der Waals surface area contributed by atoms with Crippen LogP contribution in [0.15, 0.2) is 36.5 Å². The molecule has 0 bridgehead atoms.